The third-order valence-corrected chi connectivity index (χ3v) is 5.15. The molecule has 2 saturated heterocycles. The fraction of sp³-hybridized carbons (Fsp3) is 0.333. The van der Waals surface area contributed by atoms with E-state index in [-0.39, 0.29) is 12.2 Å². The molecule has 4 rings (SSSR count). The van der Waals surface area contributed by atoms with E-state index >= 15 is 0 Å². The van der Waals surface area contributed by atoms with Gasteiger partial charge in [0.25, 0.3) is 0 Å². The lowest BCUT2D eigenvalue weighted by molar-refractivity contribution is 0.263. The second-order valence-corrected chi connectivity index (χ2v) is 7.22. The summed E-state index contributed by atoms with van der Waals surface area (Å²) in [6.45, 7) is 2.68. The zero-order valence-electron chi connectivity index (χ0n) is 13.1. The first kappa shape index (κ1) is 15.6. The third-order valence-electron chi connectivity index (χ3n) is 3.75. The van der Waals surface area contributed by atoms with Crippen molar-refractivity contribution in [1.29, 1.82) is 0 Å². The highest BCUT2D eigenvalue weighted by molar-refractivity contribution is 7.85. The van der Waals surface area contributed by atoms with Crippen LogP contribution in [0.25, 0.3) is 0 Å². The molecule has 0 spiro atoms. The van der Waals surface area contributed by atoms with Gasteiger partial charge in [0, 0.05) is 9.79 Å². The molecule has 2 fully saturated rings. The molecule has 0 aromatic heterocycles. The van der Waals surface area contributed by atoms with Crippen LogP contribution in [0.2, 0.25) is 0 Å². The molecule has 2 aromatic carbocycles. The van der Waals surface area contributed by atoms with E-state index in [1.807, 2.05) is 48.5 Å². The minimum Gasteiger partial charge on any atom is -0.491 e. The first-order valence-electron chi connectivity index (χ1n) is 7.88. The summed E-state index contributed by atoms with van der Waals surface area (Å²) in [6.07, 6.45) is 0.456. The maximum atomic E-state index is 12.6. The maximum absolute atomic E-state index is 12.6. The molecular formula is C18H18O5S. The van der Waals surface area contributed by atoms with E-state index in [9.17, 15) is 4.21 Å². The molecule has 5 nitrogen and oxygen atoms in total. The zero-order valence-corrected chi connectivity index (χ0v) is 13.9. The first-order chi connectivity index (χ1) is 11.8. The molecular weight excluding hydrogens is 328 g/mol. The number of rotatable bonds is 8. The molecule has 0 amide bonds. The fourth-order valence-corrected chi connectivity index (χ4v) is 3.20. The van der Waals surface area contributed by atoms with E-state index in [0.717, 1.165) is 34.5 Å². The quantitative estimate of drug-likeness (QED) is 0.687. The van der Waals surface area contributed by atoms with E-state index in [1.165, 1.54) is 0 Å². The van der Waals surface area contributed by atoms with Crippen LogP contribution >= 0.6 is 0 Å². The second kappa shape index (κ2) is 6.93. The summed E-state index contributed by atoms with van der Waals surface area (Å²) in [5, 5.41) is 0. The Morgan fingerprint density at radius 3 is 1.50 bits per heavy atom. The lowest BCUT2D eigenvalue weighted by Crippen LogP contribution is -2.04. The Labute approximate surface area is 142 Å². The molecule has 0 aliphatic carbocycles. The van der Waals surface area contributed by atoms with Gasteiger partial charge in [0.1, 0.15) is 36.9 Å². The van der Waals surface area contributed by atoms with Crippen molar-refractivity contribution in [3.8, 4) is 11.5 Å². The molecule has 126 valence electrons. The Morgan fingerprint density at radius 2 is 1.17 bits per heavy atom. The van der Waals surface area contributed by atoms with Crippen LogP contribution in [0.5, 0.6) is 11.5 Å². The van der Waals surface area contributed by atoms with Crippen molar-refractivity contribution in [3.63, 3.8) is 0 Å². The van der Waals surface area contributed by atoms with Gasteiger partial charge in [-0.25, -0.2) is 4.21 Å². The Balaban J connectivity index is 1.36. The summed E-state index contributed by atoms with van der Waals surface area (Å²) < 4.78 is 34.0. The van der Waals surface area contributed by atoms with Gasteiger partial charge >= 0.3 is 0 Å². The third kappa shape index (κ3) is 4.14. The lowest BCUT2D eigenvalue weighted by Gasteiger charge is -2.07. The van der Waals surface area contributed by atoms with Gasteiger partial charge in [-0.15, -0.1) is 0 Å². The first-order valence-corrected chi connectivity index (χ1v) is 9.03. The smallest absolute Gasteiger partial charge is 0.119 e. The van der Waals surface area contributed by atoms with Gasteiger partial charge < -0.3 is 18.9 Å². The van der Waals surface area contributed by atoms with Crippen molar-refractivity contribution in [1.82, 2.24) is 0 Å². The Bertz CT molecular complexity index is 644. The number of ether oxygens (including phenoxy) is 4. The standard InChI is InChI=1S/C18H18O5S/c19-24(17-5-1-13(2-6-17)20-9-15-11-22-15)18-7-3-14(4-8-18)21-10-16-12-23-16/h1-8,15-16H,9-12H2. The molecule has 0 radical (unpaired) electrons. The molecule has 2 aromatic rings. The highest BCUT2D eigenvalue weighted by atomic mass is 32.2. The van der Waals surface area contributed by atoms with Gasteiger partial charge in [-0.3, -0.25) is 0 Å². The van der Waals surface area contributed by atoms with Crippen LogP contribution in [-0.4, -0.2) is 42.8 Å². The minimum absolute atomic E-state index is 0.228. The van der Waals surface area contributed by atoms with Crippen molar-refractivity contribution in [2.75, 3.05) is 26.4 Å². The Hall–Kier alpha value is -1.89. The summed E-state index contributed by atoms with van der Waals surface area (Å²) in [6, 6.07) is 14.7. The largest absolute Gasteiger partial charge is 0.491 e. The van der Waals surface area contributed by atoms with E-state index in [4.69, 9.17) is 18.9 Å². The average molecular weight is 346 g/mol. The topological polar surface area (TPSA) is 60.6 Å². The molecule has 0 N–H and O–H groups in total. The predicted molar refractivity (Wildman–Crippen MR) is 88.0 cm³/mol. The highest BCUT2D eigenvalue weighted by Gasteiger charge is 2.23. The molecule has 2 aliphatic heterocycles. The van der Waals surface area contributed by atoms with Gasteiger partial charge in [-0.1, -0.05) is 0 Å². The van der Waals surface area contributed by atoms with E-state index in [1.54, 1.807) is 0 Å². The van der Waals surface area contributed by atoms with Crippen LogP contribution in [0.15, 0.2) is 58.3 Å². The van der Waals surface area contributed by atoms with Crippen LogP contribution in [0.3, 0.4) is 0 Å². The lowest BCUT2D eigenvalue weighted by atomic mass is 10.3. The van der Waals surface area contributed by atoms with Crippen molar-refractivity contribution >= 4 is 10.8 Å². The summed E-state index contributed by atoms with van der Waals surface area (Å²) in [5.41, 5.74) is 0. The van der Waals surface area contributed by atoms with E-state index in [2.05, 4.69) is 0 Å². The monoisotopic (exact) mass is 346 g/mol. The van der Waals surface area contributed by atoms with Crippen molar-refractivity contribution in [2.45, 2.75) is 22.0 Å². The van der Waals surface area contributed by atoms with Gasteiger partial charge in [-0.05, 0) is 48.5 Å². The number of hydrogen-bond donors (Lipinski definition) is 0. The summed E-state index contributed by atoms with van der Waals surface area (Å²) in [7, 11) is -1.22. The maximum Gasteiger partial charge on any atom is 0.119 e. The zero-order chi connectivity index (χ0) is 16.4. The Kier molecular flexibility index (Phi) is 4.51. The van der Waals surface area contributed by atoms with Crippen LogP contribution in [0.4, 0.5) is 0 Å². The van der Waals surface area contributed by atoms with Crippen molar-refractivity contribution in [2.24, 2.45) is 0 Å². The number of hydrogen-bond acceptors (Lipinski definition) is 5. The molecule has 2 unspecified atom stereocenters. The molecule has 2 aliphatic rings. The molecule has 24 heavy (non-hydrogen) atoms. The van der Waals surface area contributed by atoms with Crippen LogP contribution in [-0.2, 0) is 20.3 Å². The minimum atomic E-state index is -1.22. The van der Waals surface area contributed by atoms with E-state index < -0.39 is 10.8 Å². The molecule has 2 heterocycles. The van der Waals surface area contributed by atoms with Gasteiger partial charge in [0.2, 0.25) is 0 Å². The van der Waals surface area contributed by atoms with Crippen LogP contribution in [0, 0.1) is 0 Å². The molecule has 0 saturated carbocycles. The molecule has 6 heteroatoms. The fourth-order valence-electron chi connectivity index (χ4n) is 2.16. The highest BCUT2D eigenvalue weighted by Crippen LogP contribution is 2.23. The molecule has 2 atom stereocenters. The van der Waals surface area contributed by atoms with Crippen LogP contribution < -0.4 is 9.47 Å². The predicted octanol–water partition coefficient (Wildman–Crippen LogP) is 2.41. The summed E-state index contributed by atoms with van der Waals surface area (Å²) in [5.74, 6) is 1.52. The average Bonchev–Trinajstić information content (AvgIpc) is 3.53. The van der Waals surface area contributed by atoms with Crippen LogP contribution in [0.1, 0.15) is 0 Å². The van der Waals surface area contributed by atoms with Gasteiger partial charge in [0.15, 0.2) is 0 Å². The normalized spacial score (nSPS) is 22.7. The van der Waals surface area contributed by atoms with E-state index in [0.29, 0.717) is 13.2 Å². The number of benzene rings is 2. The summed E-state index contributed by atoms with van der Waals surface area (Å²) in [4.78, 5) is 1.48. The van der Waals surface area contributed by atoms with Crippen molar-refractivity contribution < 1.29 is 23.2 Å². The van der Waals surface area contributed by atoms with Crippen molar-refractivity contribution in [3.05, 3.63) is 48.5 Å². The molecule has 0 bridgehead atoms. The Morgan fingerprint density at radius 1 is 0.792 bits per heavy atom. The second-order valence-electron chi connectivity index (χ2n) is 5.74. The van der Waals surface area contributed by atoms with Gasteiger partial charge in [0.05, 0.1) is 24.0 Å². The van der Waals surface area contributed by atoms with Gasteiger partial charge in [-0.2, -0.15) is 0 Å². The summed E-state index contributed by atoms with van der Waals surface area (Å²) >= 11 is 0. The number of epoxide rings is 2. The SMILES string of the molecule is O=S(c1ccc(OCC2CO2)cc1)c1ccc(OCC2CO2)cc1.